The highest BCUT2D eigenvalue weighted by molar-refractivity contribution is 5.89. The highest BCUT2D eigenvalue weighted by Crippen LogP contribution is 2.14. The van der Waals surface area contributed by atoms with E-state index in [1.54, 1.807) is 24.3 Å². The number of carbonyl (C=O) groups excluding carboxylic acids is 1. The van der Waals surface area contributed by atoms with Crippen LogP contribution in [0.4, 0.5) is 0 Å². The SMILES string of the molecule is CCCOc1cccc(C(=O)OC[C@@H](O)CNC(C)C)c1. The van der Waals surface area contributed by atoms with Crippen LogP contribution in [0, 0.1) is 0 Å². The number of aliphatic hydroxyl groups excluding tert-OH is 1. The number of esters is 1. The highest BCUT2D eigenvalue weighted by Gasteiger charge is 2.12. The van der Waals surface area contributed by atoms with Gasteiger partial charge >= 0.3 is 5.97 Å². The van der Waals surface area contributed by atoms with Gasteiger partial charge in [0.1, 0.15) is 18.5 Å². The van der Waals surface area contributed by atoms with E-state index in [0.717, 1.165) is 6.42 Å². The Morgan fingerprint density at radius 2 is 2.14 bits per heavy atom. The predicted octanol–water partition coefficient (Wildman–Crippen LogP) is 1.99. The van der Waals surface area contributed by atoms with Crippen molar-refractivity contribution >= 4 is 5.97 Å². The first kappa shape index (κ1) is 17.5. The van der Waals surface area contributed by atoms with Crippen molar-refractivity contribution in [1.82, 2.24) is 5.32 Å². The second-order valence-electron chi connectivity index (χ2n) is 5.19. The first-order chi connectivity index (χ1) is 10.0. The molecule has 0 aliphatic rings. The molecule has 0 saturated heterocycles. The molecule has 0 saturated carbocycles. The molecule has 118 valence electrons. The fourth-order valence-corrected chi connectivity index (χ4v) is 1.62. The third-order valence-electron chi connectivity index (χ3n) is 2.71. The largest absolute Gasteiger partial charge is 0.494 e. The van der Waals surface area contributed by atoms with E-state index in [1.165, 1.54) is 0 Å². The van der Waals surface area contributed by atoms with Crippen LogP contribution in [0.1, 0.15) is 37.6 Å². The van der Waals surface area contributed by atoms with Crippen LogP contribution in [0.2, 0.25) is 0 Å². The van der Waals surface area contributed by atoms with E-state index in [-0.39, 0.29) is 12.6 Å². The average molecular weight is 295 g/mol. The first-order valence-electron chi connectivity index (χ1n) is 7.34. The molecule has 1 atom stereocenters. The van der Waals surface area contributed by atoms with E-state index in [0.29, 0.717) is 24.5 Å². The Labute approximate surface area is 126 Å². The van der Waals surface area contributed by atoms with Gasteiger partial charge in [-0.15, -0.1) is 0 Å². The van der Waals surface area contributed by atoms with Crippen molar-refractivity contribution in [3.8, 4) is 5.75 Å². The summed E-state index contributed by atoms with van der Waals surface area (Å²) in [6.45, 7) is 6.97. The van der Waals surface area contributed by atoms with Gasteiger partial charge in [0.05, 0.1) is 12.2 Å². The molecule has 5 heteroatoms. The summed E-state index contributed by atoms with van der Waals surface area (Å²) in [7, 11) is 0. The lowest BCUT2D eigenvalue weighted by atomic mass is 10.2. The molecule has 0 amide bonds. The number of hydrogen-bond donors (Lipinski definition) is 2. The van der Waals surface area contributed by atoms with Gasteiger partial charge in [0.15, 0.2) is 0 Å². The second kappa shape index (κ2) is 9.37. The standard InChI is InChI=1S/C16H25NO4/c1-4-8-20-15-7-5-6-13(9-15)16(19)21-11-14(18)10-17-12(2)3/h5-7,9,12,14,17-18H,4,8,10-11H2,1-3H3/t14-/m0/s1. The quantitative estimate of drug-likeness (QED) is 0.682. The van der Waals surface area contributed by atoms with Crippen molar-refractivity contribution in [1.29, 1.82) is 0 Å². The summed E-state index contributed by atoms with van der Waals surface area (Å²) in [6, 6.07) is 7.14. The molecule has 0 bridgehead atoms. The van der Waals surface area contributed by atoms with E-state index in [1.807, 2.05) is 20.8 Å². The molecular formula is C16H25NO4. The summed E-state index contributed by atoms with van der Waals surface area (Å²) in [5.74, 6) is 0.189. The van der Waals surface area contributed by atoms with Crippen LogP contribution in [0.25, 0.3) is 0 Å². The zero-order chi connectivity index (χ0) is 15.7. The van der Waals surface area contributed by atoms with E-state index < -0.39 is 12.1 Å². The van der Waals surface area contributed by atoms with Gasteiger partial charge in [-0.25, -0.2) is 4.79 Å². The number of ether oxygens (including phenoxy) is 2. The molecule has 0 aliphatic carbocycles. The summed E-state index contributed by atoms with van der Waals surface area (Å²) in [5, 5.41) is 12.8. The molecule has 21 heavy (non-hydrogen) atoms. The molecule has 2 N–H and O–H groups in total. The lowest BCUT2D eigenvalue weighted by Gasteiger charge is -2.14. The molecular weight excluding hydrogens is 270 g/mol. The van der Waals surface area contributed by atoms with Gasteiger partial charge in [-0.3, -0.25) is 0 Å². The third-order valence-corrected chi connectivity index (χ3v) is 2.71. The Kier molecular flexibility index (Phi) is 7.79. The van der Waals surface area contributed by atoms with Crippen LogP contribution in [-0.2, 0) is 4.74 Å². The zero-order valence-electron chi connectivity index (χ0n) is 13.0. The van der Waals surface area contributed by atoms with E-state index in [9.17, 15) is 9.90 Å². The zero-order valence-corrected chi connectivity index (χ0v) is 13.0. The minimum Gasteiger partial charge on any atom is -0.494 e. The Bertz CT molecular complexity index is 434. The Balaban J connectivity index is 2.44. The summed E-state index contributed by atoms with van der Waals surface area (Å²) in [6.07, 6.45) is 0.194. The Morgan fingerprint density at radius 1 is 1.38 bits per heavy atom. The van der Waals surface area contributed by atoms with Gasteiger partial charge in [-0.1, -0.05) is 26.8 Å². The van der Waals surface area contributed by atoms with Crippen molar-refractivity contribution in [2.24, 2.45) is 0 Å². The third kappa shape index (κ3) is 7.11. The molecule has 5 nitrogen and oxygen atoms in total. The van der Waals surface area contributed by atoms with Gasteiger partial charge in [0, 0.05) is 12.6 Å². The maximum atomic E-state index is 11.9. The molecule has 0 radical (unpaired) electrons. The molecule has 0 fully saturated rings. The fraction of sp³-hybridized carbons (Fsp3) is 0.562. The molecule has 0 unspecified atom stereocenters. The molecule has 1 aromatic rings. The maximum absolute atomic E-state index is 11.9. The first-order valence-corrected chi connectivity index (χ1v) is 7.34. The minimum atomic E-state index is -0.712. The van der Waals surface area contributed by atoms with Crippen molar-refractivity contribution in [2.75, 3.05) is 19.8 Å². The normalized spacial score (nSPS) is 12.2. The summed E-state index contributed by atoms with van der Waals surface area (Å²) in [4.78, 5) is 11.9. The van der Waals surface area contributed by atoms with Crippen molar-refractivity contribution in [3.63, 3.8) is 0 Å². The molecule has 0 aliphatic heterocycles. The summed E-state index contributed by atoms with van der Waals surface area (Å²) in [5.41, 5.74) is 0.424. The Morgan fingerprint density at radius 3 is 2.81 bits per heavy atom. The van der Waals surface area contributed by atoms with E-state index in [4.69, 9.17) is 9.47 Å². The number of carbonyl (C=O) groups is 1. The highest BCUT2D eigenvalue weighted by atomic mass is 16.5. The van der Waals surface area contributed by atoms with Crippen LogP contribution in [0.5, 0.6) is 5.75 Å². The molecule has 1 aromatic carbocycles. The molecule has 0 heterocycles. The van der Waals surface area contributed by atoms with Gasteiger partial charge < -0.3 is 19.9 Å². The summed E-state index contributed by atoms with van der Waals surface area (Å²) < 4.78 is 10.6. The predicted molar refractivity (Wildman–Crippen MR) is 81.7 cm³/mol. The van der Waals surface area contributed by atoms with Gasteiger partial charge in [-0.2, -0.15) is 0 Å². The summed E-state index contributed by atoms with van der Waals surface area (Å²) >= 11 is 0. The minimum absolute atomic E-state index is 0.0292. The maximum Gasteiger partial charge on any atom is 0.338 e. The van der Waals surface area contributed by atoms with Crippen LogP contribution >= 0.6 is 0 Å². The monoisotopic (exact) mass is 295 g/mol. The van der Waals surface area contributed by atoms with Crippen molar-refractivity contribution < 1.29 is 19.4 Å². The van der Waals surface area contributed by atoms with Crippen LogP contribution in [-0.4, -0.2) is 43.0 Å². The van der Waals surface area contributed by atoms with Crippen molar-refractivity contribution in [3.05, 3.63) is 29.8 Å². The lowest BCUT2D eigenvalue weighted by Crippen LogP contribution is -2.35. The molecule has 0 spiro atoms. The number of nitrogens with one attached hydrogen (secondary N) is 1. The lowest BCUT2D eigenvalue weighted by molar-refractivity contribution is 0.0255. The van der Waals surface area contributed by atoms with Crippen LogP contribution in [0.15, 0.2) is 24.3 Å². The van der Waals surface area contributed by atoms with Crippen LogP contribution in [0.3, 0.4) is 0 Å². The van der Waals surface area contributed by atoms with E-state index in [2.05, 4.69) is 5.32 Å². The second-order valence-corrected chi connectivity index (χ2v) is 5.19. The number of benzene rings is 1. The van der Waals surface area contributed by atoms with Crippen LogP contribution < -0.4 is 10.1 Å². The molecule has 0 aromatic heterocycles. The van der Waals surface area contributed by atoms with Crippen molar-refractivity contribution in [2.45, 2.75) is 39.3 Å². The van der Waals surface area contributed by atoms with Gasteiger partial charge in [0.25, 0.3) is 0 Å². The van der Waals surface area contributed by atoms with Gasteiger partial charge in [0.2, 0.25) is 0 Å². The fourth-order valence-electron chi connectivity index (χ4n) is 1.62. The Hall–Kier alpha value is -1.59. The number of rotatable bonds is 9. The topological polar surface area (TPSA) is 67.8 Å². The average Bonchev–Trinajstić information content (AvgIpc) is 2.48. The number of aliphatic hydroxyl groups is 1. The smallest absolute Gasteiger partial charge is 0.338 e. The molecule has 1 rings (SSSR count). The number of hydrogen-bond acceptors (Lipinski definition) is 5. The van der Waals surface area contributed by atoms with E-state index >= 15 is 0 Å². The van der Waals surface area contributed by atoms with Gasteiger partial charge in [-0.05, 0) is 24.6 Å².